The van der Waals surface area contributed by atoms with Gasteiger partial charge in [-0.1, -0.05) is 0 Å². The molecule has 114 valence electrons. The van der Waals surface area contributed by atoms with Crippen LogP contribution in [0.1, 0.15) is 0 Å². The molecule has 1 rings (SSSR count). The van der Waals surface area contributed by atoms with Crippen LogP contribution in [0.5, 0.6) is 5.75 Å². The molecular formula is C12H20N2O5S. The van der Waals surface area contributed by atoms with Crippen LogP contribution >= 0.6 is 0 Å². The normalized spacial score (nSPS) is 13.4. The summed E-state index contributed by atoms with van der Waals surface area (Å²) >= 11 is 0. The van der Waals surface area contributed by atoms with Crippen molar-refractivity contribution >= 4 is 15.7 Å². The maximum absolute atomic E-state index is 12.4. The van der Waals surface area contributed by atoms with Crippen molar-refractivity contribution in [1.29, 1.82) is 0 Å². The molecule has 0 aliphatic heterocycles. The minimum atomic E-state index is -3.77. The Balaban J connectivity index is 3.04. The van der Waals surface area contributed by atoms with Crippen molar-refractivity contribution in [1.82, 2.24) is 4.31 Å². The molecule has 0 aliphatic rings. The number of benzene rings is 1. The van der Waals surface area contributed by atoms with Gasteiger partial charge in [-0.05, 0) is 12.1 Å². The lowest BCUT2D eigenvalue weighted by atomic mass is 10.3. The molecule has 3 N–H and O–H groups in total. The molecule has 0 aliphatic carbocycles. The Morgan fingerprint density at radius 1 is 1.40 bits per heavy atom. The first-order valence-corrected chi connectivity index (χ1v) is 7.33. The van der Waals surface area contributed by atoms with Gasteiger partial charge in [0.2, 0.25) is 10.0 Å². The van der Waals surface area contributed by atoms with Crippen LogP contribution in [0, 0.1) is 0 Å². The molecule has 0 spiro atoms. The molecule has 0 fully saturated rings. The summed E-state index contributed by atoms with van der Waals surface area (Å²) in [6, 6.07) is 4.30. The average Bonchev–Trinajstić information content (AvgIpc) is 2.38. The Morgan fingerprint density at radius 3 is 2.60 bits per heavy atom. The first-order valence-electron chi connectivity index (χ1n) is 5.89. The molecule has 1 unspecified atom stereocenters. The standard InChI is InChI=1S/C12H20N2O5S/c1-14(7-10(15)8-18-2)20(16,17)12-5-4-9(13)6-11(12)19-3/h4-6,10,15H,7-8,13H2,1-3H3. The number of rotatable bonds is 7. The lowest BCUT2D eigenvalue weighted by Crippen LogP contribution is -2.36. The molecule has 0 radical (unpaired) electrons. The monoisotopic (exact) mass is 304 g/mol. The fourth-order valence-corrected chi connectivity index (χ4v) is 3.05. The van der Waals surface area contributed by atoms with E-state index in [-0.39, 0.29) is 23.8 Å². The van der Waals surface area contributed by atoms with E-state index < -0.39 is 16.1 Å². The van der Waals surface area contributed by atoms with Gasteiger partial charge in [-0.15, -0.1) is 0 Å². The SMILES string of the molecule is COCC(O)CN(C)S(=O)(=O)c1ccc(N)cc1OC. The van der Waals surface area contributed by atoms with Gasteiger partial charge < -0.3 is 20.3 Å². The van der Waals surface area contributed by atoms with Crippen molar-refractivity contribution in [2.75, 3.05) is 40.2 Å². The van der Waals surface area contributed by atoms with Gasteiger partial charge in [0.15, 0.2) is 0 Å². The molecule has 0 saturated heterocycles. The van der Waals surface area contributed by atoms with E-state index in [9.17, 15) is 13.5 Å². The smallest absolute Gasteiger partial charge is 0.246 e. The summed E-state index contributed by atoms with van der Waals surface area (Å²) < 4.78 is 35.7. The molecule has 1 aromatic rings. The minimum absolute atomic E-state index is 0.00122. The highest BCUT2D eigenvalue weighted by atomic mass is 32.2. The van der Waals surface area contributed by atoms with Crippen LogP contribution in [0.2, 0.25) is 0 Å². The van der Waals surface area contributed by atoms with Crippen LogP contribution in [0.3, 0.4) is 0 Å². The predicted octanol–water partition coefficient (Wildman–Crippen LogP) is -0.0948. The highest BCUT2D eigenvalue weighted by Gasteiger charge is 2.26. The molecular weight excluding hydrogens is 284 g/mol. The van der Waals surface area contributed by atoms with E-state index in [1.165, 1.54) is 39.5 Å². The Bertz CT molecular complexity index is 547. The molecule has 8 heteroatoms. The van der Waals surface area contributed by atoms with E-state index in [1.807, 2.05) is 0 Å². The molecule has 1 aromatic carbocycles. The van der Waals surface area contributed by atoms with Gasteiger partial charge in [-0.3, -0.25) is 0 Å². The topological polar surface area (TPSA) is 102 Å². The number of likely N-dealkylation sites (N-methyl/N-ethyl adjacent to an activating group) is 1. The van der Waals surface area contributed by atoms with Crippen molar-refractivity contribution < 1.29 is 23.0 Å². The number of aliphatic hydroxyl groups excluding tert-OH is 1. The number of hydrogen-bond donors (Lipinski definition) is 2. The first-order chi connectivity index (χ1) is 9.32. The van der Waals surface area contributed by atoms with Crippen LogP contribution in [-0.4, -0.2) is 58.4 Å². The maximum Gasteiger partial charge on any atom is 0.246 e. The van der Waals surface area contributed by atoms with E-state index in [2.05, 4.69) is 0 Å². The first kappa shape index (κ1) is 16.7. The number of anilines is 1. The Labute approximate surface area is 119 Å². The lowest BCUT2D eigenvalue weighted by molar-refractivity contribution is 0.0554. The fourth-order valence-electron chi connectivity index (χ4n) is 1.71. The summed E-state index contributed by atoms with van der Waals surface area (Å²) in [7, 11) is 0.404. The zero-order chi connectivity index (χ0) is 15.3. The molecule has 7 nitrogen and oxygen atoms in total. The molecule has 1 atom stereocenters. The van der Waals surface area contributed by atoms with Crippen LogP contribution in [0.15, 0.2) is 23.1 Å². The van der Waals surface area contributed by atoms with E-state index in [0.29, 0.717) is 5.69 Å². The van der Waals surface area contributed by atoms with Gasteiger partial charge in [0.05, 0.1) is 19.8 Å². The van der Waals surface area contributed by atoms with Crippen molar-refractivity contribution in [3.8, 4) is 5.75 Å². The molecule has 20 heavy (non-hydrogen) atoms. The van der Waals surface area contributed by atoms with E-state index in [4.69, 9.17) is 15.2 Å². The summed E-state index contributed by atoms with van der Waals surface area (Å²) in [6.45, 7) is -0.0254. The number of nitrogens with two attached hydrogens (primary N) is 1. The minimum Gasteiger partial charge on any atom is -0.495 e. The highest BCUT2D eigenvalue weighted by molar-refractivity contribution is 7.89. The van der Waals surface area contributed by atoms with Crippen molar-refractivity contribution in [3.63, 3.8) is 0 Å². The average molecular weight is 304 g/mol. The van der Waals surface area contributed by atoms with Crippen LogP contribution in [-0.2, 0) is 14.8 Å². The second-order valence-electron chi connectivity index (χ2n) is 4.31. The number of hydrogen-bond acceptors (Lipinski definition) is 6. The Hall–Kier alpha value is -1.35. The number of aliphatic hydroxyl groups is 1. The Morgan fingerprint density at radius 2 is 2.05 bits per heavy atom. The van der Waals surface area contributed by atoms with Crippen LogP contribution in [0.25, 0.3) is 0 Å². The fraction of sp³-hybridized carbons (Fsp3) is 0.500. The van der Waals surface area contributed by atoms with Gasteiger partial charge in [-0.25, -0.2) is 8.42 Å². The third kappa shape index (κ3) is 3.83. The third-order valence-corrected chi connectivity index (χ3v) is 4.57. The predicted molar refractivity (Wildman–Crippen MR) is 75.1 cm³/mol. The van der Waals surface area contributed by atoms with E-state index in [0.717, 1.165) is 4.31 Å². The van der Waals surface area contributed by atoms with Gasteiger partial charge in [0.1, 0.15) is 10.6 Å². The van der Waals surface area contributed by atoms with E-state index >= 15 is 0 Å². The summed E-state index contributed by atoms with van der Waals surface area (Å²) in [5.41, 5.74) is 6.00. The number of nitrogens with zero attached hydrogens (tertiary/aromatic N) is 1. The summed E-state index contributed by atoms with van der Waals surface area (Å²) in [5, 5.41) is 9.62. The number of methoxy groups -OCH3 is 2. The molecule has 0 aromatic heterocycles. The zero-order valence-corrected chi connectivity index (χ0v) is 12.6. The molecule has 0 bridgehead atoms. The maximum atomic E-state index is 12.4. The van der Waals surface area contributed by atoms with Gasteiger partial charge >= 0.3 is 0 Å². The highest BCUT2D eigenvalue weighted by Crippen LogP contribution is 2.28. The Kier molecular flexibility index (Phi) is 5.75. The second-order valence-corrected chi connectivity index (χ2v) is 6.32. The summed E-state index contributed by atoms with van der Waals surface area (Å²) in [6.07, 6.45) is -0.903. The molecule has 0 heterocycles. The number of ether oxygens (including phenoxy) is 2. The molecule has 0 saturated carbocycles. The second kappa shape index (κ2) is 6.89. The van der Waals surface area contributed by atoms with Crippen molar-refractivity contribution in [3.05, 3.63) is 18.2 Å². The van der Waals surface area contributed by atoms with Gasteiger partial charge in [0.25, 0.3) is 0 Å². The van der Waals surface area contributed by atoms with Crippen LogP contribution in [0.4, 0.5) is 5.69 Å². The largest absolute Gasteiger partial charge is 0.495 e. The van der Waals surface area contributed by atoms with Gasteiger partial charge in [-0.2, -0.15) is 4.31 Å². The lowest BCUT2D eigenvalue weighted by Gasteiger charge is -2.21. The summed E-state index contributed by atoms with van der Waals surface area (Å²) in [5.74, 6) is 0.165. The number of nitrogen functional groups attached to an aromatic ring is 1. The van der Waals surface area contributed by atoms with Crippen molar-refractivity contribution in [2.45, 2.75) is 11.0 Å². The van der Waals surface area contributed by atoms with Crippen LogP contribution < -0.4 is 10.5 Å². The van der Waals surface area contributed by atoms with E-state index in [1.54, 1.807) is 0 Å². The zero-order valence-electron chi connectivity index (χ0n) is 11.7. The summed E-state index contributed by atoms with van der Waals surface area (Å²) in [4.78, 5) is 0.00122. The third-order valence-electron chi connectivity index (χ3n) is 2.70. The van der Waals surface area contributed by atoms with Crippen molar-refractivity contribution in [2.24, 2.45) is 0 Å². The molecule has 0 amide bonds. The quantitative estimate of drug-likeness (QED) is 0.682. The number of sulfonamides is 1. The van der Waals surface area contributed by atoms with Gasteiger partial charge in [0, 0.05) is 32.5 Å².